The van der Waals surface area contributed by atoms with E-state index in [1.807, 2.05) is 0 Å². The van der Waals surface area contributed by atoms with Crippen LogP contribution < -0.4 is 4.90 Å². The summed E-state index contributed by atoms with van der Waals surface area (Å²) in [5.74, 6) is 3.03. The van der Waals surface area contributed by atoms with E-state index in [4.69, 9.17) is 4.74 Å². The maximum Gasteiger partial charge on any atom is 0.0852 e. The van der Waals surface area contributed by atoms with Gasteiger partial charge in [0.05, 0.1) is 18.2 Å². The van der Waals surface area contributed by atoms with Gasteiger partial charge in [0, 0.05) is 56.7 Å². The summed E-state index contributed by atoms with van der Waals surface area (Å²) in [7, 11) is 0. The van der Waals surface area contributed by atoms with Crippen molar-refractivity contribution in [3.8, 4) is 0 Å². The van der Waals surface area contributed by atoms with Crippen LogP contribution in [0, 0.1) is 35.0 Å². The minimum Gasteiger partial charge on any atom is -0.370 e. The van der Waals surface area contributed by atoms with E-state index in [9.17, 15) is 0 Å². The van der Waals surface area contributed by atoms with E-state index in [-0.39, 0.29) is 6.10 Å². The number of anilines is 1. The Bertz CT molecular complexity index is 1900. The highest BCUT2D eigenvalue weighted by molar-refractivity contribution is 7.12. The number of rotatable bonds is 5. The Morgan fingerprint density at radius 3 is 2.64 bits per heavy atom. The molecule has 3 nitrogen and oxygen atoms in total. The zero-order chi connectivity index (χ0) is 35.1. The monoisotopic (exact) mass is 722 g/mol. The zero-order valence-corrected chi connectivity index (χ0v) is 32.6. The Kier molecular flexibility index (Phi) is 8.35. The predicted octanol–water partition coefficient (Wildman–Crippen LogP) is 12.2. The number of fused-ring (bicyclic) bond motifs is 9. The third kappa shape index (κ3) is 5.42. The molecule has 0 spiro atoms. The van der Waals surface area contributed by atoms with Crippen LogP contribution >= 0.6 is 11.3 Å². The van der Waals surface area contributed by atoms with Crippen LogP contribution in [0.25, 0.3) is 12.2 Å². The van der Waals surface area contributed by atoms with E-state index < -0.39 is 0 Å². The van der Waals surface area contributed by atoms with Gasteiger partial charge < -0.3 is 14.5 Å². The van der Waals surface area contributed by atoms with E-state index in [0.717, 1.165) is 37.5 Å². The van der Waals surface area contributed by atoms with Gasteiger partial charge in [0.1, 0.15) is 0 Å². The average molecular weight is 723 g/mol. The Labute approximate surface area is 322 Å². The lowest BCUT2D eigenvalue weighted by Crippen LogP contribution is -2.44. The minimum absolute atomic E-state index is 0.172. The molecule has 1 aromatic heterocycles. The van der Waals surface area contributed by atoms with Gasteiger partial charge in [0.2, 0.25) is 0 Å². The molecule has 276 valence electrons. The van der Waals surface area contributed by atoms with Gasteiger partial charge in [0.15, 0.2) is 0 Å². The number of thiophene rings is 1. The summed E-state index contributed by atoms with van der Waals surface area (Å²) in [5, 5.41) is 0. The summed E-state index contributed by atoms with van der Waals surface area (Å²) < 4.78 is 6.88. The van der Waals surface area contributed by atoms with Crippen LogP contribution in [-0.2, 0) is 11.2 Å². The van der Waals surface area contributed by atoms with Gasteiger partial charge in [-0.2, -0.15) is 0 Å². The second-order valence-corrected chi connectivity index (χ2v) is 19.6. The van der Waals surface area contributed by atoms with Gasteiger partial charge in [-0.25, -0.2) is 0 Å². The van der Waals surface area contributed by atoms with Crippen LogP contribution in [0.2, 0.25) is 0 Å². The van der Waals surface area contributed by atoms with Gasteiger partial charge in [-0.3, -0.25) is 0 Å². The largest absolute Gasteiger partial charge is 0.370 e. The van der Waals surface area contributed by atoms with E-state index in [1.54, 1.807) is 15.5 Å². The molecule has 0 amide bonds. The van der Waals surface area contributed by atoms with Crippen LogP contribution in [0.15, 0.2) is 90.3 Å². The molecule has 3 heterocycles. The van der Waals surface area contributed by atoms with Crippen LogP contribution in [-0.4, -0.2) is 29.2 Å². The standard InChI is InChI=1S/C49H58N2OS/c1-49(28-10-3-11-29-49)32-24-26-35-39-31-34(25-27-40(39)50(43(35)30-32)33-14-4-2-5-15-33)51(41-19-13-22-45-47(41)38-17-6-8-21-44(38)52-45)42-20-12-18-37-36-16-7-9-23-46(36)53-48(37)42/h2,4-7,12-19,22,31-32,35,38-40,42-45,47H,3,8-11,20-21,23-30H2,1H3. The number of ether oxygens (including phenoxy) is 1. The maximum atomic E-state index is 6.88. The van der Waals surface area contributed by atoms with E-state index in [1.165, 1.54) is 93.1 Å². The van der Waals surface area contributed by atoms with Crippen molar-refractivity contribution in [2.24, 2.45) is 35.0 Å². The van der Waals surface area contributed by atoms with Crippen LogP contribution in [0.5, 0.6) is 0 Å². The number of allylic oxidation sites excluding steroid dienone is 5. The fourth-order valence-electron chi connectivity index (χ4n) is 13.3. The second-order valence-electron chi connectivity index (χ2n) is 18.4. The van der Waals surface area contributed by atoms with E-state index >= 15 is 0 Å². The molecule has 4 fully saturated rings. The molecule has 0 radical (unpaired) electrons. The predicted molar refractivity (Wildman–Crippen MR) is 220 cm³/mol. The molecule has 2 saturated heterocycles. The van der Waals surface area contributed by atoms with Gasteiger partial charge in [-0.1, -0.05) is 99.1 Å². The number of aryl methyl sites for hydroxylation is 1. The lowest BCUT2D eigenvalue weighted by atomic mass is 9.60. The average Bonchev–Trinajstić information content (AvgIpc) is 3.88. The second kappa shape index (κ2) is 13.3. The van der Waals surface area contributed by atoms with Crippen molar-refractivity contribution in [1.29, 1.82) is 0 Å². The van der Waals surface area contributed by atoms with Crippen LogP contribution in [0.3, 0.4) is 0 Å². The maximum absolute atomic E-state index is 6.88. The smallest absolute Gasteiger partial charge is 0.0852 e. The first-order chi connectivity index (χ1) is 26.1. The highest BCUT2D eigenvalue weighted by atomic mass is 32.1. The molecule has 0 bridgehead atoms. The summed E-state index contributed by atoms with van der Waals surface area (Å²) in [5.41, 5.74) is 8.15. The molecular formula is C49H58N2OS. The van der Waals surface area contributed by atoms with Crippen LogP contribution in [0.1, 0.15) is 124 Å². The van der Waals surface area contributed by atoms with Crippen molar-refractivity contribution >= 4 is 29.2 Å². The summed E-state index contributed by atoms with van der Waals surface area (Å²) >= 11 is 2.13. The quantitative estimate of drug-likeness (QED) is 0.286. The van der Waals surface area contributed by atoms with Crippen LogP contribution in [0.4, 0.5) is 5.69 Å². The normalized spacial score (nSPS) is 37.5. The SMILES string of the molecule is CC1(C2CCC3C4C=C(N(C5=CC=CC6OC7CCC=CC7C56)C5CC=Cc6c5sc5c6C=CCC5)CCC4N(c4ccccc4)C3C2)CCCCC1. The number of benzene rings is 1. The van der Waals surface area contributed by atoms with Crippen molar-refractivity contribution in [1.82, 2.24) is 4.90 Å². The fourth-order valence-corrected chi connectivity index (χ4v) is 14.7. The Balaban J connectivity index is 1.01. The minimum atomic E-state index is 0.172. The molecule has 53 heavy (non-hydrogen) atoms. The van der Waals surface area contributed by atoms with Crippen molar-refractivity contribution in [2.45, 2.75) is 134 Å². The number of nitrogens with zero attached hydrogens (tertiary/aromatic N) is 2. The van der Waals surface area contributed by atoms with E-state index in [0.29, 0.717) is 47.4 Å². The Morgan fingerprint density at radius 2 is 1.74 bits per heavy atom. The van der Waals surface area contributed by atoms with Gasteiger partial charge in [-0.15, -0.1) is 11.3 Å². The number of hydrogen-bond donors (Lipinski definition) is 0. The Hall–Kier alpha value is -3.08. The lowest BCUT2D eigenvalue weighted by molar-refractivity contribution is 0.0508. The molecule has 10 unspecified atom stereocenters. The molecule has 0 N–H and O–H groups in total. The molecule has 10 atom stereocenters. The fraction of sp³-hybridized carbons (Fsp3) is 0.551. The van der Waals surface area contributed by atoms with Gasteiger partial charge in [0.25, 0.3) is 0 Å². The first kappa shape index (κ1) is 33.3. The van der Waals surface area contributed by atoms with E-state index in [2.05, 4.69) is 119 Å². The highest BCUT2D eigenvalue weighted by Crippen LogP contribution is 2.58. The van der Waals surface area contributed by atoms with Crippen molar-refractivity contribution < 1.29 is 4.74 Å². The third-order valence-corrected chi connectivity index (χ3v) is 17.2. The molecule has 1 aromatic carbocycles. The molecular weight excluding hydrogens is 665 g/mol. The summed E-state index contributed by atoms with van der Waals surface area (Å²) in [6, 6.07) is 13.2. The number of para-hydroxylation sites is 1. The molecule has 2 saturated carbocycles. The lowest BCUT2D eigenvalue weighted by Gasteiger charge is -2.47. The van der Waals surface area contributed by atoms with Crippen molar-refractivity contribution in [3.05, 3.63) is 111 Å². The van der Waals surface area contributed by atoms with Crippen molar-refractivity contribution in [3.63, 3.8) is 0 Å². The number of hydrogen-bond acceptors (Lipinski definition) is 4. The topological polar surface area (TPSA) is 15.7 Å². The molecule has 9 aliphatic rings. The zero-order valence-electron chi connectivity index (χ0n) is 31.8. The molecule has 2 aromatic rings. The summed E-state index contributed by atoms with van der Waals surface area (Å²) in [6.45, 7) is 2.67. The summed E-state index contributed by atoms with van der Waals surface area (Å²) in [4.78, 5) is 9.12. The Morgan fingerprint density at radius 1 is 0.849 bits per heavy atom. The van der Waals surface area contributed by atoms with Crippen molar-refractivity contribution in [2.75, 3.05) is 4.90 Å². The first-order valence-corrected chi connectivity index (χ1v) is 22.5. The third-order valence-electron chi connectivity index (χ3n) is 15.8. The molecule has 11 rings (SSSR count). The van der Waals surface area contributed by atoms with Gasteiger partial charge >= 0.3 is 0 Å². The molecule has 7 aliphatic carbocycles. The van der Waals surface area contributed by atoms with Gasteiger partial charge in [-0.05, 0) is 124 Å². The highest BCUT2D eigenvalue weighted by Gasteiger charge is 2.54. The molecule has 4 heteroatoms. The first-order valence-electron chi connectivity index (χ1n) is 21.7. The molecule has 2 aliphatic heterocycles. The summed E-state index contributed by atoms with van der Waals surface area (Å²) in [6.07, 6.45) is 44.9.